The summed E-state index contributed by atoms with van der Waals surface area (Å²) in [5.41, 5.74) is 0. The van der Waals surface area contributed by atoms with Gasteiger partial charge >= 0.3 is 0 Å². The summed E-state index contributed by atoms with van der Waals surface area (Å²) in [6.07, 6.45) is 5.39. The molecule has 1 aromatic heterocycles. The zero-order valence-electron chi connectivity index (χ0n) is 8.25. The Morgan fingerprint density at radius 2 is 2.36 bits per heavy atom. The molecule has 74 valence electrons. The summed E-state index contributed by atoms with van der Waals surface area (Å²) in [4.78, 5) is 3.93. The SMILES string of the molecule is C=c1c(Cl)ncc/c1=C(/C=C\C)OC. The van der Waals surface area contributed by atoms with Gasteiger partial charge in [0.2, 0.25) is 0 Å². The van der Waals surface area contributed by atoms with Crippen molar-refractivity contribution in [3.8, 4) is 0 Å². The van der Waals surface area contributed by atoms with E-state index in [-0.39, 0.29) is 0 Å². The van der Waals surface area contributed by atoms with Gasteiger partial charge in [-0.1, -0.05) is 24.3 Å². The Morgan fingerprint density at radius 3 is 2.93 bits per heavy atom. The Hall–Kier alpha value is -1.28. The highest BCUT2D eigenvalue weighted by Gasteiger charge is 1.96. The molecular formula is C11H12ClNO. The predicted octanol–water partition coefficient (Wildman–Crippen LogP) is 1.48. The fourth-order valence-electron chi connectivity index (χ4n) is 1.12. The molecule has 1 aromatic rings. The van der Waals surface area contributed by atoms with E-state index >= 15 is 0 Å². The highest BCUT2D eigenvalue weighted by molar-refractivity contribution is 6.29. The van der Waals surface area contributed by atoms with E-state index in [9.17, 15) is 0 Å². The number of allylic oxidation sites excluding steroid dienone is 1. The van der Waals surface area contributed by atoms with Gasteiger partial charge in [-0.15, -0.1) is 0 Å². The van der Waals surface area contributed by atoms with Gasteiger partial charge in [0.25, 0.3) is 0 Å². The van der Waals surface area contributed by atoms with Crippen LogP contribution >= 0.6 is 11.6 Å². The minimum Gasteiger partial charge on any atom is -0.496 e. The van der Waals surface area contributed by atoms with E-state index in [0.29, 0.717) is 10.4 Å². The number of hydrogen-bond acceptors (Lipinski definition) is 2. The van der Waals surface area contributed by atoms with E-state index in [0.717, 1.165) is 11.0 Å². The van der Waals surface area contributed by atoms with Crippen LogP contribution < -0.4 is 10.4 Å². The molecule has 0 aliphatic carbocycles. The van der Waals surface area contributed by atoms with Gasteiger partial charge < -0.3 is 4.74 Å². The van der Waals surface area contributed by atoms with E-state index in [1.807, 2.05) is 25.1 Å². The standard InChI is InChI=1S/C11H12ClNO/c1-4-5-10(14-3)9-6-7-13-11(12)8(9)2/h4-7H,2H2,1,3H3/b5-4-,10-9+. The van der Waals surface area contributed by atoms with E-state index < -0.39 is 0 Å². The summed E-state index contributed by atoms with van der Waals surface area (Å²) in [5.74, 6) is 0.738. The first-order valence-corrected chi connectivity index (χ1v) is 4.59. The number of methoxy groups -OCH3 is 1. The topological polar surface area (TPSA) is 22.1 Å². The summed E-state index contributed by atoms with van der Waals surface area (Å²) < 4.78 is 5.22. The molecular weight excluding hydrogens is 198 g/mol. The van der Waals surface area contributed by atoms with Gasteiger partial charge in [-0.2, -0.15) is 0 Å². The second-order valence-electron chi connectivity index (χ2n) is 2.70. The molecule has 3 heteroatoms. The van der Waals surface area contributed by atoms with Crippen LogP contribution in [0.5, 0.6) is 0 Å². The molecule has 0 aromatic carbocycles. The molecule has 0 aliphatic rings. The van der Waals surface area contributed by atoms with Crippen LogP contribution in [0.3, 0.4) is 0 Å². The van der Waals surface area contributed by atoms with Gasteiger partial charge in [-0.05, 0) is 19.1 Å². The van der Waals surface area contributed by atoms with Gasteiger partial charge in [-0.25, -0.2) is 4.98 Å². The van der Waals surface area contributed by atoms with Crippen LogP contribution in [0.15, 0.2) is 24.4 Å². The van der Waals surface area contributed by atoms with Crippen LogP contribution in [-0.2, 0) is 4.74 Å². The Bertz CT molecular complexity index is 451. The van der Waals surface area contributed by atoms with Crippen LogP contribution in [0, 0.1) is 0 Å². The quantitative estimate of drug-likeness (QED) is 0.689. The van der Waals surface area contributed by atoms with Crippen LogP contribution in [0.25, 0.3) is 12.3 Å². The molecule has 0 spiro atoms. The monoisotopic (exact) mass is 209 g/mol. The van der Waals surface area contributed by atoms with E-state index in [4.69, 9.17) is 16.3 Å². The third kappa shape index (κ3) is 2.15. The van der Waals surface area contributed by atoms with Crippen LogP contribution in [-0.4, -0.2) is 12.1 Å². The fourth-order valence-corrected chi connectivity index (χ4v) is 1.28. The molecule has 0 bridgehead atoms. The molecule has 0 fully saturated rings. The molecule has 0 N–H and O–H groups in total. The zero-order chi connectivity index (χ0) is 10.6. The fraction of sp³-hybridized carbons (Fsp3) is 0.182. The van der Waals surface area contributed by atoms with Crippen LogP contribution in [0.4, 0.5) is 0 Å². The highest BCUT2D eigenvalue weighted by atomic mass is 35.5. The summed E-state index contributed by atoms with van der Waals surface area (Å²) in [7, 11) is 1.61. The third-order valence-electron chi connectivity index (χ3n) is 1.81. The maximum atomic E-state index is 5.85. The average Bonchev–Trinajstić information content (AvgIpc) is 2.19. The zero-order valence-corrected chi connectivity index (χ0v) is 9.01. The van der Waals surface area contributed by atoms with Crippen molar-refractivity contribution in [3.63, 3.8) is 0 Å². The number of nitrogens with zero attached hydrogens (tertiary/aromatic N) is 1. The summed E-state index contributed by atoms with van der Waals surface area (Å²) in [5, 5.41) is 1.95. The first-order chi connectivity index (χ1) is 6.70. The molecule has 0 radical (unpaired) electrons. The minimum absolute atomic E-state index is 0.404. The van der Waals surface area contributed by atoms with Gasteiger partial charge in [0.05, 0.1) is 7.11 Å². The first-order valence-electron chi connectivity index (χ1n) is 4.21. The number of aromatic nitrogens is 1. The van der Waals surface area contributed by atoms with E-state index in [2.05, 4.69) is 11.6 Å². The van der Waals surface area contributed by atoms with Crippen molar-refractivity contribution in [1.29, 1.82) is 0 Å². The molecule has 0 amide bonds. The number of pyridine rings is 1. The Balaban J connectivity index is 3.56. The van der Waals surface area contributed by atoms with Crippen molar-refractivity contribution < 1.29 is 4.74 Å². The van der Waals surface area contributed by atoms with Crippen LogP contribution in [0.1, 0.15) is 6.92 Å². The number of ether oxygens (including phenoxy) is 1. The first kappa shape index (κ1) is 10.8. The van der Waals surface area contributed by atoms with Crippen molar-refractivity contribution >= 4 is 23.9 Å². The van der Waals surface area contributed by atoms with Crippen LogP contribution in [0.2, 0.25) is 5.15 Å². The molecule has 0 aliphatic heterocycles. The van der Waals surface area contributed by atoms with Gasteiger partial charge in [0.1, 0.15) is 10.9 Å². The lowest BCUT2D eigenvalue weighted by Gasteiger charge is -2.00. The van der Waals surface area contributed by atoms with Crippen molar-refractivity contribution in [2.45, 2.75) is 6.92 Å². The predicted molar refractivity (Wildman–Crippen MR) is 59.3 cm³/mol. The summed E-state index contributed by atoms with van der Waals surface area (Å²) >= 11 is 5.85. The lowest BCUT2D eigenvalue weighted by atomic mass is 10.2. The Kier molecular flexibility index (Phi) is 3.72. The molecule has 0 saturated heterocycles. The Morgan fingerprint density at radius 1 is 1.64 bits per heavy atom. The second-order valence-corrected chi connectivity index (χ2v) is 3.05. The van der Waals surface area contributed by atoms with Gasteiger partial charge in [0, 0.05) is 16.6 Å². The van der Waals surface area contributed by atoms with E-state index in [1.54, 1.807) is 13.3 Å². The third-order valence-corrected chi connectivity index (χ3v) is 2.13. The summed E-state index contributed by atoms with van der Waals surface area (Å²) in [6.45, 7) is 5.76. The highest BCUT2D eigenvalue weighted by Crippen LogP contribution is 1.96. The number of rotatable bonds is 2. The van der Waals surface area contributed by atoms with Gasteiger partial charge in [0.15, 0.2) is 0 Å². The van der Waals surface area contributed by atoms with E-state index in [1.165, 1.54) is 0 Å². The average molecular weight is 210 g/mol. The molecule has 0 saturated carbocycles. The lowest BCUT2D eigenvalue weighted by Crippen LogP contribution is -2.27. The Labute approximate surface area is 88.2 Å². The molecule has 0 unspecified atom stereocenters. The number of halogens is 1. The molecule has 0 atom stereocenters. The molecule has 1 heterocycles. The smallest absolute Gasteiger partial charge is 0.136 e. The van der Waals surface area contributed by atoms with Crippen molar-refractivity contribution in [3.05, 3.63) is 40.0 Å². The largest absolute Gasteiger partial charge is 0.496 e. The summed E-state index contributed by atoms with van der Waals surface area (Å²) in [6, 6.07) is 1.83. The number of hydrogen-bond donors (Lipinski definition) is 0. The van der Waals surface area contributed by atoms with Crippen molar-refractivity contribution in [2.75, 3.05) is 7.11 Å². The van der Waals surface area contributed by atoms with Gasteiger partial charge in [-0.3, -0.25) is 0 Å². The van der Waals surface area contributed by atoms with Crippen molar-refractivity contribution in [2.24, 2.45) is 0 Å². The molecule has 1 rings (SSSR count). The second kappa shape index (κ2) is 4.82. The lowest BCUT2D eigenvalue weighted by molar-refractivity contribution is 0.369. The molecule has 2 nitrogen and oxygen atoms in total. The molecule has 14 heavy (non-hydrogen) atoms. The normalized spacial score (nSPS) is 13.1. The maximum Gasteiger partial charge on any atom is 0.136 e. The maximum absolute atomic E-state index is 5.85. The van der Waals surface area contributed by atoms with Crippen molar-refractivity contribution in [1.82, 2.24) is 4.98 Å². The minimum atomic E-state index is 0.404.